The van der Waals surface area contributed by atoms with Crippen LogP contribution in [0.1, 0.15) is 45.3 Å². The molecule has 0 aliphatic heterocycles. The van der Waals surface area contributed by atoms with E-state index in [4.69, 9.17) is 13.9 Å². The van der Waals surface area contributed by atoms with Gasteiger partial charge in [0.25, 0.3) is 0 Å². The molecule has 0 aliphatic rings. The van der Waals surface area contributed by atoms with Crippen molar-refractivity contribution in [3.05, 3.63) is 23.7 Å². The summed E-state index contributed by atoms with van der Waals surface area (Å²) in [7, 11) is -1.96. The Hall–Kier alpha value is -0.890. The molecule has 1 aromatic heterocycles. The minimum atomic E-state index is -3.49. The Labute approximate surface area is 133 Å². The highest BCUT2D eigenvalue weighted by molar-refractivity contribution is 7.89. The van der Waals surface area contributed by atoms with E-state index in [0.29, 0.717) is 5.76 Å². The minimum absolute atomic E-state index is 0.105. The Morgan fingerprint density at radius 2 is 2.00 bits per heavy atom. The molecule has 6 nitrogen and oxygen atoms in total. The molecule has 1 heterocycles. The van der Waals surface area contributed by atoms with Gasteiger partial charge in [0.05, 0.1) is 24.6 Å². The van der Waals surface area contributed by atoms with Crippen LogP contribution in [0.2, 0.25) is 0 Å². The fourth-order valence-electron chi connectivity index (χ4n) is 1.85. The molecule has 0 radical (unpaired) electrons. The van der Waals surface area contributed by atoms with E-state index in [0.717, 1.165) is 12.2 Å². The number of nitrogens with one attached hydrogen (secondary N) is 1. The highest BCUT2D eigenvalue weighted by Gasteiger charge is 2.23. The van der Waals surface area contributed by atoms with Crippen molar-refractivity contribution in [2.45, 2.75) is 45.8 Å². The third-order valence-electron chi connectivity index (χ3n) is 2.92. The number of methoxy groups -OCH3 is 1. The number of rotatable bonds is 9. The third-order valence-corrected chi connectivity index (χ3v) is 4.26. The summed E-state index contributed by atoms with van der Waals surface area (Å²) in [5, 5.41) is 0. The van der Waals surface area contributed by atoms with E-state index in [-0.39, 0.29) is 24.6 Å². The monoisotopic (exact) mass is 333 g/mol. The lowest BCUT2D eigenvalue weighted by molar-refractivity contribution is 0.00633. The normalized spacial score (nSPS) is 14.2. The highest BCUT2D eigenvalue weighted by atomic mass is 32.2. The summed E-state index contributed by atoms with van der Waals surface area (Å²) < 4.78 is 43.1. The molecule has 128 valence electrons. The molecule has 0 saturated heterocycles. The molecule has 1 rings (SSSR count). The summed E-state index contributed by atoms with van der Waals surface area (Å²) >= 11 is 0. The largest absolute Gasteiger partial charge is 0.464 e. The van der Waals surface area contributed by atoms with Gasteiger partial charge in [-0.25, -0.2) is 13.1 Å². The topological polar surface area (TPSA) is 77.8 Å². The zero-order valence-corrected chi connectivity index (χ0v) is 14.8. The molecule has 0 fully saturated rings. The molecule has 0 amide bonds. The van der Waals surface area contributed by atoms with Crippen LogP contribution < -0.4 is 4.72 Å². The zero-order valence-electron chi connectivity index (χ0n) is 14.0. The summed E-state index contributed by atoms with van der Waals surface area (Å²) in [6.45, 7) is 7.97. The van der Waals surface area contributed by atoms with E-state index in [9.17, 15) is 8.42 Å². The van der Waals surface area contributed by atoms with Crippen LogP contribution in [0.4, 0.5) is 0 Å². The Kier molecular flexibility index (Phi) is 7.05. The third kappa shape index (κ3) is 6.91. The Morgan fingerprint density at radius 3 is 2.50 bits per heavy atom. The van der Waals surface area contributed by atoms with Crippen LogP contribution in [0.15, 0.2) is 16.5 Å². The van der Waals surface area contributed by atoms with Crippen LogP contribution in [0.3, 0.4) is 0 Å². The molecule has 22 heavy (non-hydrogen) atoms. The van der Waals surface area contributed by atoms with Gasteiger partial charge in [-0.3, -0.25) is 0 Å². The molecule has 1 N–H and O–H groups in total. The highest BCUT2D eigenvalue weighted by Crippen LogP contribution is 2.18. The average molecular weight is 333 g/mol. The predicted octanol–water partition coefficient (Wildman–Crippen LogP) is 2.26. The van der Waals surface area contributed by atoms with E-state index in [1.54, 1.807) is 6.07 Å². The molecule has 0 aliphatic carbocycles. The van der Waals surface area contributed by atoms with E-state index < -0.39 is 16.1 Å². The fraction of sp³-hybridized carbons (Fsp3) is 0.733. The summed E-state index contributed by atoms with van der Waals surface area (Å²) in [4.78, 5) is 0. The van der Waals surface area contributed by atoms with E-state index >= 15 is 0 Å². The van der Waals surface area contributed by atoms with Crippen molar-refractivity contribution in [3.8, 4) is 0 Å². The summed E-state index contributed by atoms with van der Waals surface area (Å²) in [6, 6.07) is 3.08. The number of aryl methyl sites for hydroxylation is 1. The van der Waals surface area contributed by atoms with Crippen molar-refractivity contribution >= 4 is 10.0 Å². The second-order valence-electron chi connectivity index (χ2n) is 6.06. The molecular weight excluding hydrogens is 306 g/mol. The van der Waals surface area contributed by atoms with Gasteiger partial charge in [-0.2, -0.15) is 0 Å². The van der Waals surface area contributed by atoms with Crippen LogP contribution in [-0.4, -0.2) is 40.1 Å². The predicted molar refractivity (Wildman–Crippen MR) is 85.3 cm³/mol. The minimum Gasteiger partial charge on any atom is -0.464 e. The van der Waals surface area contributed by atoms with Gasteiger partial charge >= 0.3 is 0 Å². The average Bonchev–Trinajstić information content (AvgIpc) is 2.84. The van der Waals surface area contributed by atoms with E-state index in [2.05, 4.69) is 4.72 Å². The Bertz CT molecular complexity index is 545. The SMILES string of the molecule is CCc1ccc(C(COC)NS(=O)(=O)CCOC(C)(C)C)o1. The van der Waals surface area contributed by atoms with E-state index in [1.165, 1.54) is 7.11 Å². The number of hydrogen-bond acceptors (Lipinski definition) is 5. The standard InChI is InChI=1S/C15H27NO5S/c1-6-12-7-8-14(21-12)13(11-19-5)16-22(17,18)10-9-20-15(2,3)4/h7-8,13,16H,6,9-11H2,1-5H3. The number of furan rings is 1. The lowest BCUT2D eigenvalue weighted by Gasteiger charge is -2.20. The first-order valence-corrected chi connectivity index (χ1v) is 9.03. The van der Waals surface area contributed by atoms with Gasteiger partial charge in [0.2, 0.25) is 10.0 Å². The molecular formula is C15H27NO5S. The Morgan fingerprint density at radius 1 is 1.32 bits per heavy atom. The molecule has 0 bridgehead atoms. The van der Waals surface area contributed by atoms with Crippen molar-refractivity contribution in [1.29, 1.82) is 0 Å². The summed E-state index contributed by atoms with van der Waals surface area (Å²) in [6.07, 6.45) is 0.756. The van der Waals surface area contributed by atoms with Gasteiger partial charge in [0.1, 0.15) is 17.6 Å². The molecule has 0 aromatic carbocycles. The first-order valence-electron chi connectivity index (χ1n) is 7.38. The van der Waals surface area contributed by atoms with Crippen LogP contribution >= 0.6 is 0 Å². The van der Waals surface area contributed by atoms with Crippen LogP contribution in [0.5, 0.6) is 0 Å². The zero-order chi connectivity index (χ0) is 16.8. The van der Waals surface area contributed by atoms with Crippen molar-refractivity contribution in [1.82, 2.24) is 4.72 Å². The van der Waals surface area contributed by atoms with E-state index in [1.807, 2.05) is 33.8 Å². The first kappa shape index (κ1) is 19.2. The maximum absolute atomic E-state index is 12.2. The van der Waals surface area contributed by atoms with Gasteiger partial charge < -0.3 is 13.9 Å². The second-order valence-corrected chi connectivity index (χ2v) is 7.94. The second kappa shape index (κ2) is 8.10. The van der Waals surface area contributed by atoms with Gasteiger partial charge in [-0.15, -0.1) is 0 Å². The molecule has 1 unspecified atom stereocenters. The maximum atomic E-state index is 12.2. The van der Waals surface area contributed by atoms with Crippen molar-refractivity contribution in [3.63, 3.8) is 0 Å². The number of ether oxygens (including phenoxy) is 2. The van der Waals surface area contributed by atoms with Crippen molar-refractivity contribution in [2.75, 3.05) is 26.1 Å². The maximum Gasteiger partial charge on any atom is 0.214 e. The first-order chi connectivity index (χ1) is 10.2. The Balaban J connectivity index is 2.68. The molecule has 0 saturated carbocycles. The lowest BCUT2D eigenvalue weighted by atomic mass is 10.2. The van der Waals surface area contributed by atoms with Gasteiger partial charge in [-0.1, -0.05) is 6.92 Å². The molecule has 7 heteroatoms. The van der Waals surface area contributed by atoms with Crippen LogP contribution in [0, 0.1) is 0 Å². The smallest absolute Gasteiger partial charge is 0.214 e. The van der Waals surface area contributed by atoms with Crippen LogP contribution in [0.25, 0.3) is 0 Å². The van der Waals surface area contributed by atoms with Crippen molar-refractivity contribution < 1.29 is 22.3 Å². The molecule has 1 atom stereocenters. The fourth-order valence-corrected chi connectivity index (χ4v) is 2.88. The summed E-state index contributed by atoms with van der Waals surface area (Å²) in [5.41, 5.74) is -0.363. The lowest BCUT2D eigenvalue weighted by Crippen LogP contribution is -2.35. The molecule has 0 spiro atoms. The van der Waals surface area contributed by atoms with Gasteiger partial charge in [-0.05, 0) is 32.9 Å². The summed E-state index contributed by atoms with van der Waals surface area (Å²) in [5.74, 6) is 1.26. The molecule has 1 aromatic rings. The van der Waals surface area contributed by atoms with Gasteiger partial charge in [0.15, 0.2) is 0 Å². The van der Waals surface area contributed by atoms with Crippen LogP contribution in [-0.2, 0) is 25.9 Å². The van der Waals surface area contributed by atoms with Crippen molar-refractivity contribution in [2.24, 2.45) is 0 Å². The number of hydrogen-bond donors (Lipinski definition) is 1. The van der Waals surface area contributed by atoms with Gasteiger partial charge in [0, 0.05) is 13.5 Å². The quantitative estimate of drug-likeness (QED) is 0.750. The number of sulfonamides is 1.